The van der Waals surface area contributed by atoms with E-state index in [-0.39, 0.29) is 0 Å². The van der Waals surface area contributed by atoms with Crippen LogP contribution in [0.15, 0.2) is 97.1 Å². The fraction of sp³-hybridized carbons (Fsp3) is 0.111. The molecule has 0 heterocycles. The minimum absolute atomic E-state index is 0.798. The lowest BCUT2D eigenvalue weighted by Crippen LogP contribution is -1.91. The second kappa shape index (κ2) is 8.66. The third kappa shape index (κ3) is 4.85. The maximum Gasteiger partial charge on any atom is 0.0314 e. The second-order valence-corrected chi connectivity index (χ2v) is 7.49. The Morgan fingerprint density at radius 2 is 0.655 bits per heavy atom. The maximum atomic E-state index is 5.77. The summed E-state index contributed by atoms with van der Waals surface area (Å²) in [6, 6.07) is 33.8. The van der Waals surface area contributed by atoms with Crippen LogP contribution < -0.4 is 11.5 Å². The quantitative estimate of drug-likeness (QED) is 0.384. The first-order valence-corrected chi connectivity index (χ1v) is 10.1. The molecule has 4 rings (SSSR count). The summed E-state index contributed by atoms with van der Waals surface area (Å²) >= 11 is 0. The van der Waals surface area contributed by atoms with Crippen LogP contribution in [-0.4, -0.2) is 0 Å². The summed E-state index contributed by atoms with van der Waals surface area (Å²) in [6.45, 7) is 0. The summed E-state index contributed by atoms with van der Waals surface area (Å²) in [5.74, 6) is 0. The van der Waals surface area contributed by atoms with Gasteiger partial charge < -0.3 is 11.5 Å². The van der Waals surface area contributed by atoms with Gasteiger partial charge in [0.05, 0.1) is 0 Å². The van der Waals surface area contributed by atoms with Gasteiger partial charge in [-0.25, -0.2) is 0 Å². The number of anilines is 2. The van der Waals surface area contributed by atoms with Crippen LogP contribution in [0.1, 0.15) is 17.5 Å². The monoisotopic (exact) mass is 378 g/mol. The zero-order valence-electron chi connectivity index (χ0n) is 16.5. The average molecular weight is 379 g/mol. The topological polar surface area (TPSA) is 52.0 Å². The molecule has 0 saturated carbocycles. The Hall–Kier alpha value is -3.52. The van der Waals surface area contributed by atoms with Gasteiger partial charge in [-0.15, -0.1) is 0 Å². The molecule has 0 saturated heterocycles. The highest BCUT2D eigenvalue weighted by molar-refractivity contribution is 5.66. The molecule has 0 unspecified atom stereocenters. The molecule has 4 N–H and O–H groups in total. The van der Waals surface area contributed by atoms with Gasteiger partial charge >= 0.3 is 0 Å². The number of aryl methyl sites for hydroxylation is 2. The number of benzene rings is 4. The van der Waals surface area contributed by atoms with Crippen molar-refractivity contribution in [3.63, 3.8) is 0 Å². The van der Waals surface area contributed by atoms with Crippen LogP contribution in [0.4, 0.5) is 11.4 Å². The van der Waals surface area contributed by atoms with Crippen LogP contribution in [0.3, 0.4) is 0 Å². The molecule has 0 radical (unpaired) electrons. The Kier molecular flexibility index (Phi) is 5.62. The number of hydrogen-bond acceptors (Lipinski definition) is 2. The zero-order chi connectivity index (χ0) is 20.1. The van der Waals surface area contributed by atoms with E-state index in [0.29, 0.717) is 0 Å². The van der Waals surface area contributed by atoms with Gasteiger partial charge in [-0.1, -0.05) is 72.8 Å². The predicted molar refractivity (Wildman–Crippen MR) is 125 cm³/mol. The Morgan fingerprint density at radius 3 is 0.966 bits per heavy atom. The molecule has 144 valence electrons. The molecule has 0 atom stereocenters. The number of nitrogen functional groups attached to an aromatic ring is 2. The fourth-order valence-corrected chi connectivity index (χ4v) is 3.58. The highest BCUT2D eigenvalue weighted by Gasteiger charge is 2.01. The molecular weight excluding hydrogens is 352 g/mol. The summed E-state index contributed by atoms with van der Waals surface area (Å²) in [4.78, 5) is 0. The predicted octanol–water partition coefficient (Wildman–Crippen LogP) is 6.36. The summed E-state index contributed by atoms with van der Waals surface area (Å²) in [6.07, 6.45) is 3.31. The third-order valence-corrected chi connectivity index (χ3v) is 5.33. The van der Waals surface area contributed by atoms with Crippen molar-refractivity contribution in [1.29, 1.82) is 0 Å². The van der Waals surface area contributed by atoms with E-state index in [1.807, 2.05) is 24.3 Å². The highest BCUT2D eigenvalue weighted by Crippen LogP contribution is 2.23. The normalized spacial score (nSPS) is 10.8. The first-order valence-electron chi connectivity index (χ1n) is 10.1. The molecule has 0 spiro atoms. The van der Waals surface area contributed by atoms with Crippen molar-refractivity contribution < 1.29 is 0 Å². The third-order valence-electron chi connectivity index (χ3n) is 5.33. The van der Waals surface area contributed by atoms with E-state index < -0.39 is 0 Å². The van der Waals surface area contributed by atoms with Crippen LogP contribution in [0.25, 0.3) is 22.3 Å². The van der Waals surface area contributed by atoms with Gasteiger partial charge in [0.15, 0.2) is 0 Å². The van der Waals surface area contributed by atoms with Gasteiger partial charge in [0.25, 0.3) is 0 Å². The molecule has 4 aromatic carbocycles. The highest BCUT2D eigenvalue weighted by atomic mass is 14.5. The Morgan fingerprint density at radius 1 is 0.379 bits per heavy atom. The van der Waals surface area contributed by atoms with E-state index in [2.05, 4.69) is 72.8 Å². The van der Waals surface area contributed by atoms with Gasteiger partial charge in [0.2, 0.25) is 0 Å². The van der Waals surface area contributed by atoms with Gasteiger partial charge in [-0.2, -0.15) is 0 Å². The molecule has 2 nitrogen and oxygen atoms in total. The summed E-state index contributed by atoms with van der Waals surface area (Å²) in [7, 11) is 0. The molecule has 0 aliphatic carbocycles. The second-order valence-electron chi connectivity index (χ2n) is 7.49. The van der Waals surface area contributed by atoms with Crippen molar-refractivity contribution in [1.82, 2.24) is 0 Å². The van der Waals surface area contributed by atoms with Gasteiger partial charge in [-0.3, -0.25) is 0 Å². The van der Waals surface area contributed by atoms with Crippen LogP contribution in [0.5, 0.6) is 0 Å². The van der Waals surface area contributed by atoms with E-state index in [4.69, 9.17) is 11.5 Å². The van der Waals surface area contributed by atoms with E-state index in [9.17, 15) is 0 Å². The van der Waals surface area contributed by atoms with Crippen LogP contribution >= 0.6 is 0 Å². The van der Waals surface area contributed by atoms with Crippen molar-refractivity contribution in [3.05, 3.63) is 108 Å². The minimum atomic E-state index is 0.798. The lowest BCUT2D eigenvalue weighted by atomic mass is 9.99. The van der Waals surface area contributed by atoms with Crippen LogP contribution in [0.2, 0.25) is 0 Å². The Balaban J connectivity index is 1.31. The van der Waals surface area contributed by atoms with E-state index in [1.54, 1.807) is 0 Å². The molecule has 29 heavy (non-hydrogen) atoms. The molecule has 0 fully saturated rings. The van der Waals surface area contributed by atoms with Gasteiger partial charge in [0, 0.05) is 11.4 Å². The van der Waals surface area contributed by atoms with E-state index in [0.717, 1.165) is 30.6 Å². The van der Waals surface area contributed by atoms with Crippen LogP contribution in [0, 0.1) is 0 Å². The van der Waals surface area contributed by atoms with Crippen molar-refractivity contribution in [3.8, 4) is 22.3 Å². The summed E-state index contributed by atoms with van der Waals surface area (Å²) in [5, 5.41) is 0. The van der Waals surface area contributed by atoms with Crippen molar-refractivity contribution in [2.75, 3.05) is 11.5 Å². The summed E-state index contributed by atoms with van der Waals surface area (Å²) < 4.78 is 0. The molecule has 0 aliphatic heterocycles. The molecule has 0 aliphatic rings. The lowest BCUT2D eigenvalue weighted by molar-refractivity contribution is 0.821. The zero-order valence-corrected chi connectivity index (χ0v) is 16.5. The smallest absolute Gasteiger partial charge is 0.0314 e. The van der Waals surface area contributed by atoms with Crippen molar-refractivity contribution >= 4 is 11.4 Å². The van der Waals surface area contributed by atoms with Gasteiger partial charge in [0.1, 0.15) is 0 Å². The average Bonchev–Trinajstić information content (AvgIpc) is 2.76. The summed E-state index contributed by atoms with van der Waals surface area (Å²) in [5.41, 5.74) is 20.8. The molecule has 0 amide bonds. The SMILES string of the molecule is Nc1ccc(-c2ccc(CCCc3ccc(-c4ccc(N)cc4)cc3)cc2)cc1. The Labute approximate surface area is 172 Å². The number of rotatable bonds is 6. The lowest BCUT2D eigenvalue weighted by Gasteiger charge is -2.07. The van der Waals surface area contributed by atoms with E-state index >= 15 is 0 Å². The first kappa shape index (κ1) is 18.8. The standard InChI is InChI=1S/C27H26N2/c28-26-16-12-24(13-17-26)22-8-4-20(5-9-22)2-1-3-21-6-10-23(11-7-21)25-14-18-27(29)19-15-25/h4-19H,1-3,28-29H2. The molecule has 4 aromatic rings. The fourth-order valence-electron chi connectivity index (χ4n) is 3.58. The molecular formula is C27H26N2. The maximum absolute atomic E-state index is 5.77. The largest absolute Gasteiger partial charge is 0.399 e. The molecule has 0 aromatic heterocycles. The van der Waals surface area contributed by atoms with Gasteiger partial charge in [-0.05, 0) is 76.9 Å². The van der Waals surface area contributed by atoms with E-state index in [1.165, 1.54) is 33.4 Å². The Bertz CT molecular complexity index is 957. The first-order chi connectivity index (χ1) is 14.2. The van der Waals surface area contributed by atoms with Crippen molar-refractivity contribution in [2.24, 2.45) is 0 Å². The number of hydrogen-bond donors (Lipinski definition) is 2. The molecule has 0 bridgehead atoms. The number of nitrogens with two attached hydrogens (primary N) is 2. The van der Waals surface area contributed by atoms with Crippen molar-refractivity contribution in [2.45, 2.75) is 19.3 Å². The molecule has 2 heteroatoms. The van der Waals surface area contributed by atoms with Crippen LogP contribution in [-0.2, 0) is 12.8 Å². The minimum Gasteiger partial charge on any atom is -0.399 e.